The number of pyridine rings is 1. The quantitative estimate of drug-likeness (QED) is 0.204. The van der Waals surface area contributed by atoms with Gasteiger partial charge < -0.3 is 43.2 Å². The maximum absolute atomic E-state index is 14.7. The third-order valence-corrected chi connectivity index (χ3v) is 12.6. The fourth-order valence-corrected chi connectivity index (χ4v) is 9.35. The van der Waals surface area contributed by atoms with Crippen LogP contribution < -0.4 is 0 Å². The van der Waals surface area contributed by atoms with E-state index in [9.17, 15) is 24.3 Å². The normalized spacial score (nSPS) is 37.7. The summed E-state index contributed by atoms with van der Waals surface area (Å²) in [6.45, 7) is 14.9. The zero-order valence-corrected chi connectivity index (χ0v) is 35.0. The van der Waals surface area contributed by atoms with Crippen molar-refractivity contribution >= 4 is 34.7 Å². The number of Topliss-reactive ketones (excluding diaryl/α,β-unsaturated/α-hetero) is 2. The first kappa shape index (κ1) is 43.6. The van der Waals surface area contributed by atoms with E-state index in [1.54, 1.807) is 51.3 Å². The highest BCUT2D eigenvalue weighted by Gasteiger charge is 2.60. The Bertz CT molecular complexity index is 1720. The van der Waals surface area contributed by atoms with Gasteiger partial charge in [-0.2, -0.15) is 0 Å². The Hall–Kier alpha value is -3.50. The van der Waals surface area contributed by atoms with Crippen LogP contribution in [0.5, 0.6) is 0 Å². The molecule has 0 unspecified atom stereocenters. The molecule has 15 heteroatoms. The Kier molecular flexibility index (Phi) is 13.7. The number of hydrogen-bond acceptors (Lipinski definition) is 13. The van der Waals surface area contributed by atoms with Gasteiger partial charge in [0.15, 0.2) is 17.7 Å². The molecular formula is C41H63N5O10. The number of amides is 1. The minimum atomic E-state index is -1.40. The number of imidazole rings is 1. The number of methoxy groups -OCH3 is 1. The Morgan fingerprint density at radius 2 is 1.71 bits per heavy atom. The van der Waals surface area contributed by atoms with Crippen molar-refractivity contribution in [2.75, 3.05) is 27.7 Å². The summed E-state index contributed by atoms with van der Waals surface area (Å²) in [5.41, 5.74) is -0.898. The van der Waals surface area contributed by atoms with E-state index < -0.39 is 83.4 Å². The number of aliphatic hydroxyl groups excluding tert-OH is 1. The van der Waals surface area contributed by atoms with Gasteiger partial charge in [0.05, 0.1) is 47.4 Å². The Balaban J connectivity index is 1.46. The van der Waals surface area contributed by atoms with Crippen LogP contribution in [0, 0.1) is 23.7 Å². The monoisotopic (exact) mass is 785 g/mol. The molecule has 0 saturated carbocycles. The third kappa shape index (κ3) is 8.52. The predicted octanol–water partition coefficient (Wildman–Crippen LogP) is 4.42. The maximum atomic E-state index is 14.7. The molecule has 0 radical (unpaired) electrons. The molecule has 0 bridgehead atoms. The molecule has 3 saturated heterocycles. The number of ketones is 2. The topological polar surface area (TPSA) is 172 Å². The molecule has 0 spiro atoms. The summed E-state index contributed by atoms with van der Waals surface area (Å²) in [5, 5.41) is 11.4. The number of fused-ring (bicyclic) bond motifs is 2. The van der Waals surface area contributed by atoms with Gasteiger partial charge in [-0.15, -0.1) is 0 Å². The molecule has 56 heavy (non-hydrogen) atoms. The molecule has 1 amide bonds. The predicted molar refractivity (Wildman–Crippen MR) is 206 cm³/mol. The number of carbonyl (C=O) groups excluding carboxylic acids is 4. The highest BCUT2D eigenvalue weighted by molar-refractivity contribution is 6.00. The number of aliphatic hydroxyl groups is 1. The van der Waals surface area contributed by atoms with Crippen molar-refractivity contribution in [2.45, 2.75) is 148 Å². The number of hydrogen-bond donors (Lipinski definition) is 1. The van der Waals surface area contributed by atoms with E-state index in [0.717, 1.165) is 11.0 Å². The van der Waals surface area contributed by atoms with Crippen molar-refractivity contribution in [3.05, 3.63) is 24.8 Å². The molecule has 15 nitrogen and oxygen atoms in total. The van der Waals surface area contributed by atoms with Crippen molar-refractivity contribution in [1.82, 2.24) is 24.3 Å². The van der Waals surface area contributed by atoms with Crippen molar-refractivity contribution < 1.29 is 48.0 Å². The number of aromatic nitrogens is 3. The lowest BCUT2D eigenvalue weighted by Gasteiger charge is -2.47. The molecule has 3 fully saturated rings. The molecule has 2 aromatic heterocycles. The molecule has 13 atom stereocenters. The lowest BCUT2D eigenvalue weighted by molar-refractivity contribution is -0.295. The largest absolute Gasteiger partial charge is 0.458 e. The van der Waals surface area contributed by atoms with E-state index in [1.165, 1.54) is 14.0 Å². The van der Waals surface area contributed by atoms with Gasteiger partial charge in [0.1, 0.15) is 23.9 Å². The summed E-state index contributed by atoms with van der Waals surface area (Å²) in [5.74, 6) is -4.94. The van der Waals surface area contributed by atoms with E-state index in [0.29, 0.717) is 32.4 Å². The molecular weight excluding hydrogens is 722 g/mol. The first-order valence-corrected chi connectivity index (χ1v) is 20.1. The molecule has 5 rings (SSSR count). The van der Waals surface area contributed by atoms with Crippen molar-refractivity contribution in [3.8, 4) is 0 Å². The van der Waals surface area contributed by atoms with E-state index in [-0.39, 0.29) is 30.8 Å². The molecule has 3 aliphatic heterocycles. The number of aryl methyl sites for hydroxylation is 1. The molecule has 312 valence electrons. The molecule has 0 aromatic carbocycles. The molecule has 5 heterocycles. The van der Waals surface area contributed by atoms with Gasteiger partial charge in [0.25, 0.3) is 0 Å². The minimum absolute atomic E-state index is 0.131. The van der Waals surface area contributed by atoms with Crippen LogP contribution in [-0.2, 0) is 44.6 Å². The summed E-state index contributed by atoms with van der Waals surface area (Å²) < 4.78 is 33.2. The molecule has 2 aromatic rings. The number of cyclic esters (lactones) is 1. The lowest BCUT2D eigenvalue weighted by atomic mass is 9.73. The fraction of sp³-hybridized carbons (Fsp3) is 0.756. The van der Waals surface area contributed by atoms with Crippen LogP contribution >= 0.6 is 0 Å². The van der Waals surface area contributed by atoms with Gasteiger partial charge in [-0.25, -0.2) is 9.78 Å². The van der Waals surface area contributed by atoms with Crippen LogP contribution in [0.25, 0.3) is 11.0 Å². The van der Waals surface area contributed by atoms with Gasteiger partial charge in [0, 0.05) is 50.2 Å². The Morgan fingerprint density at radius 3 is 2.38 bits per heavy atom. The average Bonchev–Trinajstić information content (AvgIpc) is 3.70. The maximum Gasteiger partial charge on any atom is 0.410 e. The van der Waals surface area contributed by atoms with Crippen molar-refractivity contribution in [1.29, 1.82) is 0 Å². The van der Waals surface area contributed by atoms with E-state index in [2.05, 4.69) is 9.97 Å². The second-order valence-corrected chi connectivity index (χ2v) is 16.9. The first-order chi connectivity index (χ1) is 26.4. The standard InChI is InChI=1S/C41H63N5O10/c1-12-31-41(8)35(46(39(51)56-41)18-14-13-17-45-22-43-28-15-16-42-21-30(28)45)25(4)32(47)23(2)20-40(7,52-11)36(26(5)33(48)27(6)37(50)54-31)55-38-34(49)29(44(9)10)19-24(3)53-38/h15-16,21-27,29,31,34-36,38,49H,12-14,17-20H2,1-11H3/t23-,24+,25+,26+,27-,29-,31-,34+,35-,36-,38-,40-,41-/m1/s1. The summed E-state index contributed by atoms with van der Waals surface area (Å²) in [7, 11) is 5.24. The van der Waals surface area contributed by atoms with Crippen LogP contribution in [0.2, 0.25) is 0 Å². The number of rotatable bonds is 10. The van der Waals surface area contributed by atoms with Crippen LogP contribution in [0.15, 0.2) is 24.8 Å². The van der Waals surface area contributed by atoms with Crippen LogP contribution in [0.1, 0.15) is 87.5 Å². The summed E-state index contributed by atoms with van der Waals surface area (Å²) in [6, 6.07) is 0.789. The Morgan fingerprint density at radius 1 is 1.02 bits per heavy atom. The van der Waals surface area contributed by atoms with Crippen LogP contribution in [0.3, 0.4) is 0 Å². The zero-order chi connectivity index (χ0) is 41.3. The second kappa shape index (κ2) is 17.6. The van der Waals surface area contributed by atoms with Gasteiger partial charge in [-0.05, 0) is 80.0 Å². The third-order valence-electron chi connectivity index (χ3n) is 12.6. The summed E-state index contributed by atoms with van der Waals surface area (Å²) in [4.78, 5) is 68.9. The highest BCUT2D eigenvalue weighted by atomic mass is 16.7. The molecule has 3 aliphatic rings. The number of likely N-dealkylation sites (N-methyl/N-ethyl adjacent to an activating group) is 1. The molecule has 0 aliphatic carbocycles. The summed E-state index contributed by atoms with van der Waals surface area (Å²) in [6.07, 6.45) is 2.51. The van der Waals surface area contributed by atoms with Crippen molar-refractivity contribution in [3.63, 3.8) is 0 Å². The van der Waals surface area contributed by atoms with Gasteiger partial charge in [0.2, 0.25) is 0 Å². The van der Waals surface area contributed by atoms with Crippen LogP contribution in [-0.4, -0.2) is 135 Å². The minimum Gasteiger partial charge on any atom is -0.458 e. The average molecular weight is 786 g/mol. The fourth-order valence-electron chi connectivity index (χ4n) is 9.35. The summed E-state index contributed by atoms with van der Waals surface area (Å²) >= 11 is 0. The number of nitrogens with zero attached hydrogens (tertiary/aromatic N) is 5. The second-order valence-electron chi connectivity index (χ2n) is 16.9. The first-order valence-electron chi connectivity index (χ1n) is 20.1. The number of carbonyl (C=O) groups is 4. The SMILES string of the molecule is CC[C@H]1OC(=O)[C@H](C)C(=O)[C@H](C)[C@@H](O[C@H]2O[C@@H](C)C[C@@H](N(C)C)[C@@H]2O)[C@](C)(OC)C[C@@H](C)C(=O)[C@H](C)[C@H]2N(CCCCn3cnc4ccncc43)C(=O)O[C@]12C. The van der Waals surface area contributed by atoms with E-state index >= 15 is 0 Å². The van der Waals surface area contributed by atoms with Gasteiger partial charge in [-0.3, -0.25) is 19.4 Å². The Labute approximate surface area is 330 Å². The number of ether oxygens (including phenoxy) is 5. The van der Waals surface area contributed by atoms with Gasteiger partial charge in [-0.1, -0.05) is 27.7 Å². The highest BCUT2D eigenvalue weighted by Crippen LogP contribution is 2.43. The van der Waals surface area contributed by atoms with E-state index in [4.69, 9.17) is 23.7 Å². The lowest BCUT2D eigenvalue weighted by Crippen LogP contribution is -2.60. The van der Waals surface area contributed by atoms with Crippen molar-refractivity contribution in [2.24, 2.45) is 23.7 Å². The van der Waals surface area contributed by atoms with E-state index in [1.807, 2.05) is 50.4 Å². The smallest absolute Gasteiger partial charge is 0.410 e. The number of unbranched alkanes of at least 4 members (excludes halogenated alkanes) is 1. The number of esters is 1. The van der Waals surface area contributed by atoms with Crippen LogP contribution in [0.4, 0.5) is 4.79 Å². The van der Waals surface area contributed by atoms with Gasteiger partial charge >= 0.3 is 12.1 Å². The zero-order valence-electron chi connectivity index (χ0n) is 35.0. The molecule has 1 N–H and O–H groups in total.